The van der Waals surface area contributed by atoms with Crippen molar-refractivity contribution < 1.29 is 4.79 Å². The highest BCUT2D eigenvalue weighted by Gasteiger charge is 2.23. The molecule has 2 aromatic rings. The fraction of sp³-hybridized carbons (Fsp3) is 0.278. The molecule has 1 aliphatic carbocycles. The lowest BCUT2D eigenvalue weighted by molar-refractivity contribution is -0.126. The number of thiazole rings is 1. The Balaban J connectivity index is 1.53. The van der Waals surface area contributed by atoms with Crippen LogP contribution in [0.25, 0.3) is 16.1 Å². The number of rotatable bonds is 3. The highest BCUT2D eigenvalue weighted by molar-refractivity contribution is 7.13. The zero-order chi connectivity index (χ0) is 15.6. The predicted octanol–water partition coefficient (Wildman–Crippen LogP) is 3.54. The Labute approximate surface area is 139 Å². The SMILES string of the molecule is O=C(C1=CC(c2csc(-c3cccnc3)n2)=CC1)N1CCCC1. The molecule has 2 aromatic heterocycles. The van der Waals surface area contributed by atoms with Gasteiger partial charge in [-0.05, 0) is 43.0 Å². The molecule has 0 atom stereocenters. The number of nitrogens with zero attached hydrogens (tertiary/aromatic N) is 3. The average molecular weight is 323 g/mol. The van der Waals surface area contributed by atoms with Crippen LogP contribution in [0.4, 0.5) is 0 Å². The summed E-state index contributed by atoms with van der Waals surface area (Å²) >= 11 is 1.61. The molecule has 0 bridgehead atoms. The van der Waals surface area contributed by atoms with Crippen molar-refractivity contribution in [3.63, 3.8) is 0 Å². The Kier molecular flexibility index (Phi) is 3.79. The molecule has 4 nitrogen and oxygen atoms in total. The van der Waals surface area contributed by atoms with Gasteiger partial charge in [-0.3, -0.25) is 9.78 Å². The van der Waals surface area contributed by atoms with Crippen molar-refractivity contribution in [3.8, 4) is 10.6 Å². The molecule has 116 valence electrons. The number of hydrogen-bond donors (Lipinski definition) is 0. The molecule has 3 heterocycles. The van der Waals surface area contributed by atoms with Gasteiger partial charge in [0.25, 0.3) is 0 Å². The largest absolute Gasteiger partial charge is 0.339 e. The number of carbonyl (C=O) groups is 1. The van der Waals surface area contributed by atoms with Crippen LogP contribution in [0.15, 0.2) is 47.6 Å². The Morgan fingerprint density at radius 3 is 2.91 bits per heavy atom. The monoisotopic (exact) mass is 323 g/mol. The van der Waals surface area contributed by atoms with E-state index in [1.54, 1.807) is 17.5 Å². The summed E-state index contributed by atoms with van der Waals surface area (Å²) in [5.41, 5.74) is 3.91. The van der Waals surface area contributed by atoms with Gasteiger partial charge in [0.1, 0.15) is 5.01 Å². The van der Waals surface area contributed by atoms with Crippen LogP contribution in [-0.2, 0) is 4.79 Å². The summed E-state index contributed by atoms with van der Waals surface area (Å²) in [5.74, 6) is 0.191. The van der Waals surface area contributed by atoms with Crippen LogP contribution in [0.5, 0.6) is 0 Å². The molecule has 23 heavy (non-hydrogen) atoms. The first-order valence-electron chi connectivity index (χ1n) is 7.87. The number of likely N-dealkylation sites (tertiary alicyclic amines) is 1. The van der Waals surface area contributed by atoms with Crippen molar-refractivity contribution >= 4 is 22.8 Å². The predicted molar refractivity (Wildman–Crippen MR) is 91.8 cm³/mol. The third kappa shape index (κ3) is 2.84. The van der Waals surface area contributed by atoms with Crippen molar-refractivity contribution in [3.05, 3.63) is 53.3 Å². The van der Waals surface area contributed by atoms with Crippen molar-refractivity contribution in [2.24, 2.45) is 0 Å². The number of amides is 1. The van der Waals surface area contributed by atoms with E-state index in [0.717, 1.165) is 53.3 Å². The summed E-state index contributed by atoms with van der Waals surface area (Å²) in [7, 11) is 0. The second-order valence-corrected chi connectivity index (χ2v) is 6.67. The Bertz CT molecular complexity index is 786. The number of aromatic nitrogens is 2. The molecule has 1 fully saturated rings. The Hall–Kier alpha value is -2.27. The van der Waals surface area contributed by atoms with E-state index in [-0.39, 0.29) is 5.91 Å². The van der Waals surface area contributed by atoms with Gasteiger partial charge in [-0.2, -0.15) is 0 Å². The minimum absolute atomic E-state index is 0.191. The standard InChI is InChI=1S/C18H17N3OS/c22-18(21-8-1-2-9-21)14-6-5-13(10-14)16-12-23-17(20-16)15-4-3-7-19-11-15/h3-5,7,10-12H,1-2,6,8-9H2. The van der Waals surface area contributed by atoms with Gasteiger partial charge in [-0.25, -0.2) is 4.98 Å². The molecule has 4 rings (SSSR count). The molecule has 0 radical (unpaired) electrons. The van der Waals surface area contributed by atoms with E-state index in [1.807, 2.05) is 34.7 Å². The number of carbonyl (C=O) groups excluding carboxylic acids is 1. The Morgan fingerprint density at radius 2 is 2.13 bits per heavy atom. The minimum atomic E-state index is 0.191. The normalized spacial score (nSPS) is 17.3. The second-order valence-electron chi connectivity index (χ2n) is 5.81. The number of pyridine rings is 1. The molecule has 0 aromatic carbocycles. The fourth-order valence-corrected chi connectivity index (χ4v) is 3.82. The van der Waals surface area contributed by atoms with E-state index in [1.165, 1.54) is 0 Å². The van der Waals surface area contributed by atoms with Gasteiger partial charge in [-0.15, -0.1) is 11.3 Å². The maximum Gasteiger partial charge on any atom is 0.250 e. The molecule has 0 N–H and O–H groups in total. The first-order valence-corrected chi connectivity index (χ1v) is 8.75. The summed E-state index contributed by atoms with van der Waals surface area (Å²) in [6, 6.07) is 3.93. The van der Waals surface area contributed by atoms with Gasteiger partial charge >= 0.3 is 0 Å². The molecular formula is C18H17N3OS. The first-order chi connectivity index (χ1) is 11.3. The van der Waals surface area contributed by atoms with E-state index in [9.17, 15) is 4.79 Å². The summed E-state index contributed by atoms with van der Waals surface area (Å²) in [4.78, 5) is 23.2. The maximum absolute atomic E-state index is 12.4. The molecule has 0 unspecified atom stereocenters. The van der Waals surface area contributed by atoms with Gasteiger partial charge in [0, 0.05) is 42.0 Å². The van der Waals surface area contributed by atoms with Gasteiger partial charge in [0.05, 0.1) is 5.69 Å². The molecule has 1 saturated heterocycles. The van der Waals surface area contributed by atoms with Gasteiger partial charge in [0.2, 0.25) is 5.91 Å². The van der Waals surface area contributed by atoms with Gasteiger partial charge in [0.15, 0.2) is 0 Å². The fourth-order valence-electron chi connectivity index (χ4n) is 3.00. The summed E-state index contributed by atoms with van der Waals surface area (Å²) in [6.45, 7) is 1.79. The van der Waals surface area contributed by atoms with Crippen LogP contribution in [0.1, 0.15) is 25.0 Å². The summed E-state index contributed by atoms with van der Waals surface area (Å²) < 4.78 is 0. The number of allylic oxidation sites excluding steroid dienone is 3. The van der Waals surface area contributed by atoms with Gasteiger partial charge in [-0.1, -0.05) is 6.08 Å². The van der Waals surface area contributed by atoms with Crippen molar-refractivity contribution in [2.45, 2.75) is 19.3 Å². The molecule has 0 saturated carbocycles. The summed E-state index contributed by atoms with van der Waals surface area (Å²) in [6.07, 6.45) is 10.7. The van der Waals surface area contributed by atoms with Crippen molar-refractivity contribution in [2.75, 3.05) is 13.1 Å². The van der Waals surface area contributed by atoms with E-state index in [0.29, 0.717) is 6.42 Å². The van der Waals surface area contributed by atoms with Crippen LogP contribution in [0, 0.1) is 0 Å². The first kappa shape index (κ1) is 14.3. The highest BCUT2D eigenvalue weighted by Crippen LogP contribution is 2.31. The van der Waals surface area contributed by atoms with Crippen LogP contribution in [0.3, 0.4) is 0 Å². The molecule has 2 aliphatic rings. The zero-order valence-corrected chi connectivity index (χ0v) is 13.6. The lowest BCUT2D eigenvalue weighted by Crippen LogP contribution is -2.28. The van der Waals surface area contributed by atoms with Crippen molar-refractivity contribution in [1.82, 2.24) is 14.9 Å². The highest BCUT2D eigenvalue weighted by atomic mass is 32.1. The van der Waals surface area contributed by atoms with Crippen molar-refractivity contribution in [1.29, 1.82) is 0 Å². The van der Waals surface area contributed by atoms with Crippen LogP contribution in [-0.4, -0.2) is 33.9 Å². The van der Waals surface area contributed by atoms with Gasteiger partial charge < -0.3 is 4.90 Å². The van der Waals surface area contributed by atoms with Crippen LogP contribution < -0.4 is 0 Å². The van der Waals surface area contributed by atoms with E-state index >= 15 is 0 Å². The average Bonchev–Trinajstić information content (AvgIpc) is 3.35. The lowest BCUT2D eigenvalue weighted by atomic mass is 10.2. The smallest absolute Gasteiger partial charge is 0.250 e. The lowest BCUT2D eigenvalue weighted by Gasteiger charge is -2.15. The van der Waals surface area contributed by atoms with E-state index in [2.05, 4.69) is 11.1 Å². The molecule has 1 amide bonds. The number of hydrogen-bond acceptors (Lipinski definition) is 4. The van der Waals surface area contributed by atoms with Crippen LogP contribution in [0.2, 0.25) is 0 Å². The third-order valence-electron chi connectivity index (χ3n) is 4.25. The van der Waals surface area contributed by atoms with Crippen LogP contribution >= 0.6 is 11.3 Å². The zero-order valence-electron chi connectivity index (χ0n) is 12.7. The molecule has 5 heteroatoms. The maximum atomic E-state index is 12.4. The topological polar surface area (TPSA) is 46.1 Å². The minimum Gasteiger partial charge on any atom is -0.339 e. The third-order valence-corrected chi connectivity index (χ3v) is 5.14. The molecule has 0 spiro atoms. The Morgan fingerprint density at radius 1 is 1.26 bits per heavy atom. The second kappa shape index (κ2) is 6.08. The quantitative estimate of drug-likeness (QED) is 0.868. The summed E-state index contributed by atoms with van der Waals surface area (Å²) in [5, 5.41) is 3.01. The molecular weight excluding hydrogens is 306 g/mol. The molecule has 1 aliphatic heterocycles. The van der Waals surface area contributed by atoms with E-state index in [4.69, 9.17) is 4.98 Å². The van der Waals surface area contributed by atoms with E-state index < -0.39 is 0 Å².